The third kappa shape index (κ3) is 6.60. The Morgan fingerprint density at radius 2 is 1.95 bits per heavy atom. The average Bonchev–Trinajstić information content (AvgIpc) is 3.57. The molecule has 2 aromatic heterocycles. The standard InChI is InChI=1S/C28H33F3N6O4S/c1-16-4-3-9-37(16)15-22-24(18-5-6-21(41-2)19(12-18)28(29,30)31)34-27(42-22)35-25(38)20-13-33-23(14-32-20)36-10-7-17(8-11-36)26(39)40/h5-6,12-14,16-17,25,38H,3-4,7-11,15H2,1-2H3,(H,34,35)(H,39,40)/t16-,25?/m1/s1. The molecule has 3 aromatic rings. The van der Waals surface area contributed by atoms with Crippen molar-refractivity contribution in [2.24, 2.45) is 5.92 Å². The maximum atomic E-state index is 13.8. The van der Waals surface area contributed by atoms with Crippen LogP contribution in [0.4, 0.5) is 24.1 Å². The highest BCUT2D eigenvalue weighted by atomic mass is 32.1. The van der Waals surface area contributed by atoms with Gasteiger partial charge in [0.15, 0.2) is 11.4 Å². The van der Waals surface area contributed by atoms with Crippen molar-refractivity contribution in [1.29, 1.82) is 0 Å². The van der Waals surface area contributed by atoms with Crippen LogP contribution in [0.3, 0.4) is 0 Å². The number of methoxy groups -OCH3 is 1. The third-order valence-corrected chi connectivity index (χ3v) is 8.85. The van der Waals surface area contributed by atoms with Gasteiger partial charge in [-0.1, -0.05) is 0 Å². The largest absolute Gasteiger partial charge is 0.496 e. The molecule has 2 atom stereocenters. The Balaban J connectivity index is 1.36. The maximum Gasteiger partial charge on any atom is 0.419 e. The summed E-state index contributed by atoms with van der Waals surface area (Å²) in [5.41, 5.74) is 0.0789. The monoisotopic (exact) mass is 606 g/mol. The van der Waals surface area contributed by atoms with Crippen molar-refractivity contribution in [1.82, 2.24) is 19.9 Å². The number of nitrogens with one attached hydrogen (secondary N) is 1. The van der Waals surface area contributed by atoms with E-state index in [2.05, 4.69) is 32.1 Å². The van der Waals surface area contributed by atoms with E-state index in [4.69, 9.17) is 4.74 Å². The fourth-order valence-electron chi connectivity index (χ4n) is 5.42. The summed E-state index contributed by atoms with van der Waals surface area (Å²) in [6, 6.07) is 4.24. The number of ether oxygens (including phenoxy) is 1. The first-order valence-electron chi connectivity index (χ1n) is 13.8. The highest BCUT2D eigenvalue weighted by molar-refractivity contribution is 7.16. The van der Waals surface area contributed by atoms with Crippen molar-refractivity contribution < 1.29 is 32.9 Å². The first kappa shape index (κ1) is 30.0. The molecule has 42 heavy (non-hydrogen) atoms. The van der Waals surface area contributed by atoms with Gasteiger partial charge in [-0.3, -0.25) is 14.7 Å². The zero-order valence-corrected chi connectivity index (χ0v) is 24.1. The van der Waals surface area contributed by atoms with Crippen molar-refractivity contribution in [3.8, 4) is 17.0 Å². The summed E-state index contributed by atoms with van der Waals surface area (Å²) in [6.07, 6.45) is 0.246. The molecule has 0 aliphatic carbocycles. The molecule has 1 unspecified atom stereocenters. The van der Waals surface area contributed by atoms with Crippen LogP contribution in [-0.4, -0.2) is 68.8 Å². The van der Waals surface area contributed by atoms with Crippen LogP contribution >= 0.6 is 11.3 Å². The number of piperidine rings is 1. The number of carboxylic acids is 1. The molecule has 3 N–H and O–H groups in total. The number of benzene rings is 1. The van der Waals surface area contributed by atoms with Crippen molar-refractivity contribution in [3.63, 3.8) is 0 Å². The number of hydrogen-bond donors (Lipinski definition) is 3. The van der Waals surface area contributed by atoms with E-state index >= 15 is 0 Å². The topological polar surface area (TPSA) is 124 Å². The molecule has 2 aliphatic heterocycles. The molecule has 2 fully saturated rings. The quantitative estimate of drug-likeness (QED) is 0.286. The Bertz CT molecular complexity index is 1400. The van der Waals surface area contributed by atoms with E-state index in [1.54, 1.807) is 6.07 Å². The lowest BCUT2D eigenvalue weighted by Crippen LogP contribution is -2.36. The molecule has 2 aliphatic rings. The lowest BCUT2D eigenvalue weighted by molar-refractivity contribution is -0.142. The molecule has 10 nitrogen and oxygen atoms in total. The van der Waals surface area contributed by atoms with Crippen LogP contribution in [-0.2, 0) is 17.5 Å². The minimum absolute atomic E-state index is 0.245. The zero-order valence-electron chi connectivity index (χ0n) is 23.3. The molecular formula is C28H33F3N6O4S. The summed E-state index contributed by atoms with van der Waals surface area (Å²) in [7, 11) is 1.20. The number of aromatic nitrogens is 3. The summed E-state index contributed by atoms with van der Waals surface area (Å²) in [5, 5.41) is 23.4. The van der Waals surface area contributed by atoms with E-state index in [0.717, 1.165) is 30.3 Å². The second-order valence-corrected chi connectivity index (χ2v) is 11.7. The van der Waals surface area contributed by atoms with Gasteiger partial charge in [-0.15, -0.1) is 11.3 Å². The second kappa shape index (κ2) is 12.4. The Labute approximate surface area is 245 Å². The number of aliphatic carboxylic acids is 1. The molecule has 0 bridgehead atoms. The Hall–Kier alpha value is -3.49. The lowest BCUT2D eigenvalue weighted by atomic mass is 9.97. The summed E-state index contributed by atoms with van der Waals surface area (Å²) in [4.78, 5) is 29.6. The van der Waals surface area contributed by atoms with Crippen molar-refractivity contribution in [2.75, 3.05) is 37.0 Å². The molecule has 0 spiro atoms. The maximum absolute atomic E-state index is 13.8. The Morgan fingerprint density at radius 3 is 2.55 bits per heavy atom. The number of nitrogens with zero attached hydrogens (tertiary/aromatic N) is 5. The highest BCUT2D eigenvalue weighted by Crippen LogP contribution is 2.41. The van der Waals surface area contributed by atoms with Gasteiger partial charge in [0.05, 0.1) is 36.7 Å². The fraction of sp³-hybridized carbons (Fsp3) is 0.500. The van der Waals surface area contributed by atoms with E-state index in [1.165, 1.54) is 36.9 Å². The lowest BCUT2D eigenvalue weighted by Gasteiger charge is -2.30. The van der Waals surface area contributed by atoms with Gasteiger partial charge in [0.2, 0.25) is 0 Å². The molecule has 4 heterocycles. The second-order valence-electron chi connectivity index (χ2n) is 10.6. The zero-order chi connectivity index (χ0) is 30.0. The van der Waals surface area contributed by atoms with Gasteiger partial charge in [0.1, 0.15) is 17.3 Å². The summed E-state index contributed by atoms with van der Waals surface area (Å²) < 4.78 is 46.3. The molecule has 1 aromatic carbocycles. The smallest absolute Gasteiger partial charge is 0.419 e. The van der Waals surface area contributed by atoms with Crippen molar-refractivity contribution >= 4 is 28.3 Å². The molecular weight excluding hydrogens is 573 g/mol. The first-order valence-corrected chi connectivity index (χ1v) is 14.6. The number of carbonyl (C=O) groups is 1. The predicted molar refractivity (Wildman–Crippen MR) is 151 cm³/mol. The number of rotatable bonds is 9. The Morgan fingerprint density at radius 1 is 1.19 bits per heavy atom. The molecule has 14 heteroatoms. The summed E-state index contributed by atoms with van der Waals surface area (Å²) >= 11 is 1.28. The van der Waals surface area contributed by atoms with Gasteiger partial charge in [0, 0.05) is 36.1 Å². The van der Waals surface area contributed by atoms with E-state index < -0.39 is 23.9 Å². The SMILES string of the molecule is COc1ccc(-c2nc(NC(O)c3cnc(N4CCC(C(=O)O)CC4)cn3)sc2CN2CCC[C@H]2C)cc1C(F)(F)F. The van der Waals surface area contributed by atoms with Gasteiger partial charge in [-0.25, -0.2) is 9.97 Å². The Kier molecular flexibility index (Phi) is 8.85. The number of aliphatic hydroxyl groups is 1. The number of likely N-dealkylation sites (tertiary alicyclic amines) is 1. The van der Waals surface area contributed by atoms with Gasteiger partial charge >= 0.3 is 12.1 Å². The van der Waals surface area contributed by atoms with Crippen LogP contribution in [0.15, 0.2) is 30.6 Å². The molecule has 0 radical (unpaired) electrons. The number of halogens is 3. The predicted octanol–water partition coefficient (Wildman–Crippen LogP) is 5.02. The van der Waals surface area contributed by atoms with Crippen LogP contribution < -0.4 is 15.0 Å². The number of aliphatic hydroxyl groups excluding tert-OH is 1. The number of anilines is 2. The molecule has 2 saturated heterocycles. The first-order chi connectivity index (χ1) is 20.0. The third-order valence-electron chi connectivity index (χ3n) is 7.88. The van der Waals surface area contributed by atoms with Gasteiger partial charge in [-0.2, -0.15) is 13.2 Å². The number of thiazole rings is 1. The van der Waals surface area contributed by atoms with Crippen LogP contribution in [0.2, 0.25) is 0 Å². The number of hydrogen-bond acceptors (Lipinski definition) is 10. The normalized spacial score (nSPS) is 19.2. The van der Waals surface area contributed by atoms with E-state index in [-0.39, 0.29) is 17.4 Å². The molecule has 0 amide bonds. The van der Waals surface area contributed by atoms with Crippen molar-refractivity contribution in [2.45, 2.75) is 57.6 Å². The van der Waals surface area contributed by atoms with Crippen LogP contribution in [0.1, 0.15) is 55.0 Å². The van der Waals surface area contributed by atoms with Crippen LogP contribution in [0.5, 0.6) is 5.75 Å². The van der Waals surface area contributed by atoms with Crippen LogP contribution in [0, 0.1) is 5.92 Å². The summed E-state index contributed by atoms with van der Waals surface area (Å²) in [5.74, 6) is -0.827. The molecule has 0 saturated carbocycles. The average molecular weight is 607 g/mol. The minimum atomic E-state index is -4.60. The fourth-order valence-corrected chi connectivity index (χ4v) is 6.45. The number of alkyl halides is 3. The van der Waals surface area contributed by atoms with E-state index in [1.807, 2.05) is 4.90 Å². The minimum Gasteiger partial charge on any atom is -0.496 e. The van der Waals surface area contributed by atoms with E-state index in [9.17, 15) is 28.2 Å². The van der Waals surface area contributed by atoms with Gasteiger partial charge in [-0.05, 0) is 57.4 Å². The number of carboxylic acid groups (broad SMARTS) is 1. The van der Waals surface area contributed by atoms with Crippen LogP contribution in [0.25, 0.3) is 11.3 Å². The van der Waals surface area contributed by atoms with Gasteiger partial charge < -0.3 is 25.2 Å². The highest BCUT2D eigenvalue weighted by Gasteiger charge is 2.35. The molecule has 5 rings (SSSR count). The van der Waals surface area contributed by atoms with E-state index in [0.29, 0.717) is 60.7 Å². The van der Waals surface area contributed by atoms with Gasteiger partial charge in [0.25, 0.3) is 0 Å². The molecule has 226 valence electrons. The summed E-state index contributed by atoms with van der Waals surface area (Å²) in [6.45, 7) is 4.63. The van der Waals surface area contributed by atoms with Crippen molar-refractivity contribution in [3.05, 3.63) is 46.7 Å².